The number of ether oxygens (including phenoxy) is 16. The van der Waals surface area contributed by atoms with Gasteiger partial charge in [0, 0.05) is 114 Å². The molecule has 45 heteroatoms. The van der Waals surface area contributed by atoms with E-state index in [1.54, 1.807) is 99.0 Å². The fourth-order valence-corrected chi connectivity index (χ4v) is 7.79. The van der Waals surface area contributed by atoms with E-state index in [1.165, 1.54) is 70.9 Å². The first-order chi connectivity index (χ1) is 60.5. The lowest BCUT2D eigenvalue weighted by Crippen LogP contribution is -2.42. The Labute approximate surface area is 744 Å². The minimum absolute atomic E-state index is 0.0472. The van der Waals surface area contributed by atoms with Crippen molar-refractivity contribution in [3.05, 3.63) is 145 Å². The second-order valence-electron chi connectivity index (χ2n) is 26.1. The Morgan fingerprint density at radius 3 is 0.969 bits per heavy atom. The number of hydrogen-bond donors (Lipinski definition) is 1. The van der Waals surface area contributed by atoms with Crippen molar-refractivity contribution in [2.75, 3.05) is 143 Å². The Hall–Kier alpha value is -15.1. The third kappa shape index (κ3) is 68.0. The average Bonchev–Trinajstić information content (AvgIpc) is 0.868. The standard InChI is InChI=1S/C19H23NO7.C18H21NO7.2C13H19NO7.C11H15NO6.C10H15NO5/c1-4-26-18(23)13-20(12-15-8-6-5-7-9-15)19(24)14(2)27-17(22)11-10-16(21)25-3;1-3-25-18(23)12-19(11-14-7-5-4-6-8-14)15(20)13-26-17(22)10-9-16(21)24-2;1-13(2,3)21-12(18)7-14-9(15)8-20-11(17)6-5-10(16)19-4;1-9(2)21-13(18)7-14(3)10(15)8-20-12(17)6-5-11(16)19-4;1-8(13)6-12(2)9(14)7-18-11(16)5-4-10(15)17-3;1-7(10(14)11(2)3)16-9(13)6-5-8(12)15-4/h5-11,14H,4,12-13H2,1-3H3;4-10H,3,11-13H2,1-2H3;5-6H,7-8H2,1-4H3,(H,14,15);5-6,9H,7-8H2,1-4H3;4-5H,6-7H2,1-3H3;5-7H,1-4H3/b11-10+;10-9+;2*6-5+;5-4+;6-5+. The van der Waals surface area contributed by atoms with Crippen molar-refractivity contribution in [2.45, 2.75) is 106 Å². The third-order valence-electron chi connectivity index (χ3n) is 13.7. The predicted octanol–water partition coefficient (Wildman–Crippen LogP) is 0.517. The van der Waals surface area contributed by atoms with Crippen LogP contribution in [0.25, 0.3) is 0 Å². The summed E-state index contributed by atoms with van der Waals surface area (Å²) < 4.78 is 73.6. The molecule has 2 aromatic carbocycles. The Kier molecular flexibility index (Phi) is 65.4. The molecule has 0 aromatic heterocycles. The highest BCUT2D eigenvalue weighted by molar-refractivity contribution is 5.98. The number of hydrogen-bond acceptors (Lipinski definition) is 39. The van der Waals surface area contributed by atoms with Crippen molar-refractivity contribution >= 4 is 137 Å². The lowest BCUT2D eigenvalue weighted by Gasteiger charge is -2.24. The number of carbonyl (C=O) groups excluding carboxylic acids is 23. The summed E-state index contributed by atoms with van der Waals surface area (Å²) in [5.41, 5.74) is 0.966. The number of benzene rings is 2. The van der Waals surface area contributed by atoms with Crippen LogP contribution in [0.2, 0.25) is 0 Å². The van der Waals surface area contributed by atoms with Gasteiger partial charge in [0.25, 0.3) is 35.4 Å². The Bertz CT molecular complexity index is 4230. The van der Waals surface area contributed by atoms with Crippen LogP contribution < -0.4 is 5.32 Å². The molecule has 1 N–H and O–H groups in total. The molecule has 2 rings (SSSR count). The minimum Gasteiger partial charge on any atom is -0.466 e. The smallest absolute Gasteiger partial charge is 0.331 e. The molecule has 0 saturated heterocycles. The maximum absolute atomic E-state index is 12.6. The molecular formula is C84H112N6O39. The molecule has 129 heavy (non-hydrogen) atoms. The lowest BCUT2D eigenvalue weighted by molar-refractivity contribution is -0.159. The predicted molar refractivity (Wildman–Crippen MR) is 444 cm³/mol. The van der Waals surface area contributed by atoms with Gasteiger partial charge in [-0.15, -0.1) is 0 Å². The van der Waals surface area contributed by atoms with Crippen LogP contribution in [0.5, 0.6) is 0 Å². The normalized spacial score (nSPS) is 10.8. The second kappa shape index (κ2) is 70.2. The number of amides is 6. The van der Waals surface area contributed by atoms with Gasteiger partial charge in [0.2, 0.25) is 0 Å². The quantitative estimate of drug-likeness (QED) is 0.0538. The number of likely N-dealkylation sites (N-methyl/N-ethyl adjacent to an activating group) is 3. The topological polar surface area (TPSA) is 569 Å². The molecule has 6 amide bonds. The third-order valence-corrected chi connectivity index (χ3v) is 13.7. The SMILES string of the molecule is CCOC(=O)CN(Cc1ccccc1)C(=O)C(C)OC(=O)/C=C/C(=O)OC.CCOC(=O)CN(Cc1ccccc1)C(=O)COC(=O)/C=C/C(=O)OC.COC(=O)/C=C/C(=O)OC(C)C(=O)N(C)C.COC(=O)/C=C/C(=O)OCC(=O)N(C)CC(=O)OC(C)C.COC(=O)/C=C/C(=O)OCC(=O)N(C)CC(C)=O.COC(=O)/C=C/C(=O)OCC(=O)NCC(=O)OC(C)(C)C. The molecule has 0 aliphatic heterocycles. The van der Waals surface area contributed by atoms with Crippen molar-refractivity contribution in [1.82, 2.24) is 29.8 Å². The van der Waals surface area contributed by atoms with E-state index in [2.05, 4.69) is 47.9 Å². The van der Waals surface area contributed by atoms with E-state index in [0.717, 1.165) is 115 Å². The van der Waals surface area contributed by atoms with Crippen LogP contribution in [0.3, 0.4) is 0 Å². The van der Waals surface area contributed by atoms with Gasteiger partial charge in [-0.3, -0.25) is 52.7 Å². The van der Waals surface area contributed by atoms with Crippen molar-refractivity contribution in [3.8, 4) is 0 Å². The molecule has 0 saturated carbocycles. The zero-order valence-corrected chi connectivity index (χ0v) is 75.3. The highest BCUT2D eigenvalue weighted by Crippen LogP contribution is 2.11. The molecule has 0 heterocycles. The number of carbonyl (C=O) groups is 23. The van der Waals surface area contributed by atoms with E-state index in [1.807, 2.05) is 24.3 Å². The van der Waals surface area contributed by atoms with Gasteiger partial charge in [-0.05, 0) is 80.4 Å². The number of rotatable bonds is 41. The van der Waals surface area contributed by atoms with Crippen LogP contribution in [0.15, 0.2) is 134 Å². The summed E-state index contributed by atoms with van der Waals surface area (Å²) in [4.78, 5) is 266. The van der Waals surface area contributed by atoms with E-state index in [4.69, 9.17) is 33.2 Å². The molecule has 712 valence electrons. The summed E-state index contributed by atoms with van der Waals surface area (Å²) in [5, 5.41) is 2.23. The van der Waals surface area contributed by atoms with Crippen molar-refractivity contribution in [3.63, 3.8) is 0 Å². The van der Waals surface area contributed by atoms with Gasteiger partial charge in [-0.2, -0.15) is 0 Å². The molecule has 0 fully saturated rings. The summed E-state index contributed by atoms with van der Waals surface area (Å²) in [5.74, 6) is -15.0. The Morgan fingerprint density at radius 1 is 0.349 bits per heavy atom. The summed E-state index contributed by atoms with van der Waals surface area (Å²) in [6.45, 7) is 13.3. The van der Waals surface area contributed by atoms with Crippen LogP contribution in [0, 0.1) is 0 Å². The molecule has 2 unspecified atom stereocenters. The number of esters is 16. The summed E-state index contributed by atoms with van der Waals surface area (Å²) in [6, 6.07) is 18.1. The first-order valence-corrected chi connectivity index (χ1v) is 37.9. The van der Waals surface area contributed by atoms with Gasteiger partial charge in [-0.1, -0.05) is 60.7 Å². The van der Waals surface area contributed by atoms with E-state index in [0.29, 0.717) is 0 Å². The second-order valence-corrected chi connectivity index (χ2v) is 26.1. The van der Waals surface area contributed by atoms with Crippen molar-refractivity contribution in [1.29, 1.82) is 0 Å². The highest BCUT2D eigenvalue weighted by Gasteiger charge is 2.28. The summed E-state index contributed by atoms with van der Waals surface area (Å²) in [6.07, 6.45) is 8.14. The molecule has 0 aliphatic rings. The fraction of sp³-hybridized carbons (Fsp3) is 0.440. The first kappa shape index (κ1) is 120. The summed E-state index contributed by atoms with van der Waals surface area (Å²) >= 11 is 0. The maximum Gasteiger partial charge on any atom is 0.331 e. The Morgan fingerprint density at radius 2 is 0.651 bits per heavy atom. The monoisotopic (exact) mass is 1830 g/mol. The number of nitrogens with zero attached hydrogens (tertiary/aromatic N) is 5. The molecule has 2 aromatic rings. The molecule has 0 spiro atoms. The van der Waals surface area contributed by atoms with Crippen LogP contribution in [0.4, 0.5) is 0 Å². The van der Waals surface area contributed by atoms with Crippen molar-refractivity contribution in [2.24, 2.45) is 0 Å². The number of methoxy groups -OCH3 is 6. The average molecular weight is 1830 g/mol. The van der Waals surface area contributed by atoms with Crippen LogP contribution >= 0.6 is 0 Å². The van der Waals surface area contributed by atoms with Gasteiger partial charge in [0.05, 0.1) is 68.5 Å². The highest BCUT2D eigenvalue weighted by atomic mass is 16.6. The molecule has 45 nitrogen and oxygen atoms in total. The molecular weight excluding hydrogens is 1720 g/mol. The van der Waals surface area contributed by atoms with Gasteiger partial charge >= 0.3 is 95.5 Å². The Balaban J connectivity index is -0.000000733. The number of nitrogens with one attached hydrogen (secondary N) is 1. The molecule has 0 aliphatic carbocycles. The van der Waals surface area contributed by atoms with E-state index < -0.39 is 169 Å². The van der Waals surface area contributed by atoms with Gasteiger partial charge in [0.1, 0.15) is 37.6 Å². The van der Waals surface area contributed by atoms with Crippen LogP contribution in [-0.2, 0) is 199 Å². The van der Waals surface area contributed by atoms with E-state index in [-0.39, 0.29) is 76.8 Å². The molecule has 0 bridgehead atoms. The van der Waals surface area contributed by atoms with Gasteiger partial charge in [0.15, 0.2) is 38.6 Å². The van der Waals surface area contributed by atoms with Gasteiger partial charge < -0.3 is 106 Å². The largest absolute Gasteiger partial charge is 0.466 e. The zero-order chi connectivity index (χ0) is 99.3. The molecule has 2 atom stereocenters. The zero-order valence-electron chi connectivity index (χ0n) is 75.3. The fourth-order valence-electron chi connectivity index (χ4n) is 7.79. The van der Waals surface area contributed by atoms with Crippen LogP contribution in [0.1, 0.15) is 80.4 Å². The van der Waals surface area contributed by atoms with Crippen LogP contribution in [-0.4, -0.2) is 328 Å². The lowest BCUT2D eigenvalue weighted by atomic mass is 10.2. The van der Waals surface area contributed by atoms with Gasteiger partial charge in [-0.25, -0.2) is 57.5 Å². The van der Waals surface area contributed by atoms with E-state index in [9.17, 15) is 110 Å². The molecule has 0 radical (unpaired) electrons. The van der Waals surface area contributed by atoms with E-state index >= 15 is 0 Å². The number of ketones is 1. The van der Waals surface area contributed by atoms with Crippen molar-refractivity contribution < 1.29 is 186 Å². The summed E-state index contributed by atoms with van der Waals surface area (Å²) in [7, 11) is 12.9. The minimum atomic E-state index is -1.15. The number of Topliss-reactive ketones (excluding diaryl/α,β-unsaturated/α-hetero) is 1. The maximum atomic E-state index is 12.6. The first-order valence-electron chi connectivity index (χ1n) is 37.9.